The molecule has 21 nitrogen and oxygen atoms in total. The molecule has 0 bridgehead atoms. The van der Waals surface area contributed by atoms with Crippen molar-refractivity contribution in [3.63, 3.8) is 0 Å². The Morgan fingerprint density at radius 3 is 0.782 bits per heavy atom. The number of carbonyl (C=O) groups is 3. The van der Waals surface area contributed by atoms with E-state index in [9.17, 15) is 43.4 Å². The lowest BCUT2D eigenvalue weighted by Gasteiger charge is -2.12. The van der Waals surface area contributed by atoms with Gasteiger partial charge < -0.3 is 58.9 Å². The van der Waals surface area contributed by atoms with Crippen LogP contribution in [0.4, 0.5) is 0 Å². The van der Waals surface area contributed by atoms with E-state index in [1.165, 1.54) is 116 Å². The molecule has 0 fully saturated rings. The van der Waals surface area contributed by atoms with Gasteiger partial charge in [-0.15, -0.1) is 0 Å². The lowest BCUT2D eigenvalue weighted by molar-refractivity contribution is -0.148. The predicted molar refractivity (Wildman–Crippen MR) is 343 cm³/mol. The summed E-state index contributed by atoms with van der Waals surface area (Å²) in [6.45, 7) is 3.90. The fourth-order valence-corrected chi connectivity index (χ4v) is 8.87. The van der Waals surface area contributed by atoms with Crippen LogP contribution in [-0.4, -0.2) is 121 Å². The topological polar surface area (TPSA) is 340 Å². The fraction of sp³-hybridized carbons (Fsp3) is 0.762. The highest BCUT2D eigenvalue weighted by Crippen LogP contribution is 2.37. The molecular formula is C63H117O21P3. The second-order valence-electron chi connectivity index (χ2n) is 21.3. The van der Waals surface area contributed by atoms with Crippen molar-refractivity contribution in [3.8, 4) is 0 Å². The van der Waals surface area contributed by atoms with Crippen LogP contribution >= 0.6 is 23.5 Å². The van der Waals surface area contributed by atoms with Gasteiger partial charge in [0.2, 0.25) is 0 Å². The molecule has 24 heteroatoms. The maximum Gasteiger partial charge on any atom is 0.469 e. The van der Waals surface area contributed by atoms with E-state index >= 15 is 0 Å². The summed E-state index contributed by atoms with van der Waals surface area (Å²) in [5.41, 5.74) is 0. The van der Waals surface area contributed by atoms with E-state index in [0.717, 1.165) is 89.9 Å². The first kappa shape index (κ1) is 88.3. The molecule has 0 rings (SSSR count). The molecule has 0 spiro atoms. The van der Waals surface area contributed by atoms with E-state index in [0.29, 0.717) is 12.8 Å². The Labute approximate surface area is 522 Å². The Kier molecular flexibility index (Phi) is 65.5. The van der Waals surface area contributed by atoms with Gasteiger partial charge in [-0.05, 0) is 89.9 Å². The van der Waals surface area contributed by atoms with Crippen molar-refractivity contribution in [2.24, 2.45) is 0 Å². The summed E-state index contributed by atoms with van der Waals surface area (Å²) in [6.07, 6.45) is 60.4. The molecule has 3 atom stereocenters. The zero-order chi connectivity index (χ0) is 65.4. The summed E-state index contributed by atoms with van der Waals surface area (Å²) in [4.78, 5) is 85.6. The van der Waals surface area contributed by atoms with E-state index in [1.807, 2.05) is 12.2 Å². The lowest BCUT2D eigenvalue weighted by atomic mass is 10.0. The zero-order valence-electron chi connectivity index (χ0n) is 53.1. The Bertz CT molecular complexity index is 1930. The number of rotatable bonds is 57. The second-order valence-corrected chi connectivity index (χ2v) is 25.0. The van der Waals surface area contributed by atoms with Gasteiger partial charge in [0, 0.05) is 19.3 Å². The molecular weight excluding hydrogens is 1190 g/mol. The van der Waals surface area contributed by atoms with Crippen LogP contribution in [0, 0.1) is 0 Å². The molecule has 510 valence electrons. The van der Waals surface area contributed by atoms with Gasteiger partial charge in [0.1, 0.15) is 38.1 Å². The third-order valence-electron chi connectivity index (χ3n) is 12.6. The molecule has 0 aliphatic carbocycles. The Morgan fingerprint density at radius 1 is 0.299 bits per heavy atom. The standard InChI is InChI=1S/C23H39O7P.C21H39O7P.C19H39O7P/c1-2-3-4-5-6-7-8-9-10-11-12-13-14-15-16-17-18-19-23(25)29-20-22(24)21-30-31(26,27)28;1-2-3-4-5-6-7-8-9-10-11-12-13-14-15-16-17-21(23)27-18-20(22)19-28-29(24,25)26;1-2-3-4-5-6-7-8-9-10-11-12-13-14-15-19(21)25-16-18(20)17-26-27(22,23)24/h6-7,9-10,12-13,15-16,22,24H,2-5,8,11,14,17-21H2,1H3,(H2,26,27,28);6-7,9-10,20,22H,2-5,8,11-19H2,1H3,(H2,24,25,26);18,20H,2-17H2,1H3,(H2,22,23,24)/b7-6-,10-9-,13-12-,16-15-;7-6-,10-9-;/t22-;20-;18-/m111/s1. The number of aliphatic hydroxyl groups is 3. The molecule has 0 unspecified atom stereocenters. The number of carbonyl (C=O) groups excluding carboxylic acids is 3. The van der Waals surface area contributed by atoms with Crippen LogP contribution in [0.3, 0.4) is 0 Å². The number of allylic oxidation sites excluding steroid dienone is 12. The van der Waals surface area contributed by atoms with Crippen molar-refractivity contribution in [2.75, 3.05) is 39.6 Å². The Morgan fingerprint density at radius 2 is 0.506 bits per heavy atom. The summed E-state index contributed by atoms with van der Waals surface area (Å²) >= 11 is 0. The number of phosphoric acid groups is 3. The largest absolute Gasteiger partial charge is 0.469 e. The molecule has 0 aromatic rings. The third kappa shape index (κ3) is 83.1. The monoisotopic (exact) mass is 1300 g/mol. The second kappa shape index (κ2) is 64.6. The molecule has 0 heterocycles. The molecule has 0 aliphatic rings. The maximum atomic E-state index is 11.5. The van der Waals surface area contributed by atoms with E-state index in [2.05, 4.69) is 95.1 Å². The molecule has 0 saturated heterocycles. The number of esters is 3. The SMILES string of the molecule is CCCCC/C=C\C/C=C\C/C=C\C/C=C\CCCC(=O)OC[C@@H](O)COP(=O)(O)O.CCCCC/C=C\C/C=C\CCCCCCCC(=O)OC[C@@H](O)COP(=O)(O)O.CCCCCCCCCCCCCCCC(=O)OC[C@@H](O)COP(=O)(O)O. The number of aliphatic hydroxyl groups excluding tert-OH is 3. The highest BCUT2D eigenvalue weighted by atomic mass is 31.2. The molecule has 0 aromatic heterocycles. The number of hydrogen-bond donors (Lipinski definition) is 9. The van der Waals surface area contributed by atoms with E-state index in [4.69, 9.17) is 43.6 Å². The normalized spacial score (nSPS) is 13.4. The van der Waals surface area contributed by atoms with Crippen molar-refractivity contribution < 1.29 is 101 Å². The van der Waals surface area contributed by atoms with Gasteiger partial charge in [-0.2, -0.15) is 0 Å². The Balaban J connectivity index is -0.00000122. The molecule has 9 N–H and O–H groups in total. The summed E-state index contributed by atoms with van der Waals surface area (Å²) < 4.78 is 58.4. The van der Waals surface area contributed by atoms with Gasteiger partial charge in [0.25, 0.3) is 0 Å². The van der Waals surface area contributed by atoms with Gasteiger partial charge in [0.05, 0.1) is 19.8 Å². The Hall–Kier alpha value is -2.94. The fourth-order valence-electron chi connectivity index (χ4n) is 7.77. The van der Waals surface area contributed by atoms with Crippen LogP contribution in [0.25, 0.3) is 0 Å². The minimum Gasteiger partial charge on any atom is -0.463 e. The molecule has 0 radical (unpaired) electrons. The average molecular weight is 1300 g/mol. The highest BCUT2D eigenvalue weighted by molar-refractivity contribution is 7.46. The van der Waals surface area contributed by atoms with Gasteiger partial charge in [-0.3, -0.25) is 28.0 Å². The highest BCUT2D eigenvalue weighted by Gasteiger charge is 2.20. The molecule has 87 heavy (non-hydrogen) atoms. The van der Waals surface area contributed by atoms with Gasteiger partial charge in [0.15, 0.2) is 0 Å². The van der Waals surface area contributed by atoms with Crippen LogP contribution in [0.1, 0.15) is 252 Å². The van der Waals surface area contributed by atoms with Crippen LogP contribution in [0.15, 0.2) is 72.9 Å². The molecule has 0 amide bonds. The number of unbranched alkanes of at least 4 members (excludes halogenated alkanes) is 24. The molecule has 0 saturated carbocycles. The summed E-state index contributed by atoms with van der Waals surface area (Å²) in [7, 11) is -13.9. The quantitative estimate of drug-likeness (QED) is 0.00898. The van der Waals surface area contributed by atoms with Crippen LogP contribution in [0.5, 0.6) is 0 Å². The van der Waals surface area contributed by atoms with Crippen molar-refractivity contribution in [1.29, 1.82) is 0 Å². The summed E-state index contributed by atoms with van der Waals surface area (Å²) in [5.74, 6) is -1.30. The van der Waals surface area contributed by atoms with E-state index in [-0.39, 0.29) is 32.7 Å². The van der Waals surface area contributed by atoms with Gasteiger partial charge >= 0.3 is 41.4 Å². The van der Waals surface area contributed by atoms with Gasteiger partial charge in [-0.25, -0.2) is 13.7 Å². The summed E-state index contributed by atoms with van der Waals surface area (Å²) in [6, 6.07) is 0. The van der Waals surface area contributed by atoms with Crippen molar-refractivity contribution in [2.45, 2.75) is 270 Å². The van der Waals surface area contributed by atoms with E-state index < -0.39 is 79.5 Å². The average Bonchev–Trinajstić information content (AvgIpc) is 3.52. The number of phosphoric ester groups is 3. The van der Waals surface area contributed by atoms with Crippen molar-refractivity contribution >= 4 is 41.4 Å². The maximum absolute atomic E-state index is 11.5. The van der Waals surface area contributed by atoms with E-state index in [1.54, 1.807) is 0 Å². The van der Waals surface area contributed by atoms with Crippen LogP contribution in [-0.2, 0) is 55.9 Å². The van der Waals surface area contributed by atoms with Crippen LogP contribution < -0.4 is 0 Å². The molecule has 0 aliphatic heterocycles. The zero-order valence-corrected chi connectivity index (χ0v) is 55.8. The number of hydrogen-bond acceptors (Lipinski definition) is 15. The predicted octanol–water partition coefficient (Wildman–Crippen LogP) is 14.4. The lowest BCUT2D eigenvalue weighted by Crippen LogP contribution is -2.23. The number of ether oxygens (including phenoxy) is 3. The summed E-state index contributed by atoms with van der Waals surface area (Å²) in [5, 5.41) is 28.2. The van der Waals surface area contributed by atoms with Crippen molar-refractivity contribution in [3.05, 3.63) is 72.9 Å². The molecule has 0 aromatic carbocycles. The minimum atomic E-state index is -4.63. The first-order valence-corrected chi connectivity index (χ1v) is 36.6. The van der Waals surface area contributed by atoms with Crippen LogP contribution in [0.2, 0.25) is 0 Å². The third-order valence-corrected chi connectivity index (χ3v) is 14.1. The first-order chi connectivity index (χ1) is 41.5. The smallest absolute Gasteiger partial charge is 0.463 e. The minimum absolute atomic E-state index is 0.212. The first-order valence-electron chi connectivity index (χ1n) is 32.1. The van der Waals surface area contributed by atoms with Gasteiger partial charge in [-0.1, -0.05) is 216 Å². The van der Waals surface area contributed by atoms with Crippen molar-refractivity contribution in [1.82, 2.24) is 0 Å².